The number of morpholine rings is 1. The Labute approximate surface area is 148 Å². The first-order valence-corrected chi connectivity index (χ1v) is 9.13. The number of carbonyl (C=O) groups is 2. The second-order valence-corrected chi connectivity index (χ2v) is 6.91. The first-order valence-electron chi connectivity index (χ1n) is 9.13. The van der Waals surface area contributed by atoms with Crippen LogP contribution in [0.4, 0.5) is 0 Å². The Balaban J connectivity index is 1.57. The zero-order chi connectivity index (χ0) is 17.8. The number of likely N-dealkylation sites (tertiary alicyclic amines) is 1. The summed E-state index contributed by atoms with van der Waals surface area (Å²) in [7, 11) is 0. The highest BCUT2D eigenvalue weighted by molar-refractivity contribution is 5.80. The molecule has 2 saturated heterocycles. The van der Waals surface area contributed by atoms with Gasteiger partial charge in [0.15, 0.2) is 0 Å². The molecule has 0 spiro atoms. The normalized spacial score (nSPS) is 21.0. The zero-order valence-electron chi connectivity index (χ0n) is 15.1. The van der Waals surface area contributed by atoms with Gasteiger partial charge in [0.1, 0.15) is 5.76 Å². The van der Waals surface area contributed by atoms with Gasteiger partial charge in [0.2, 0.25) is 11.8 Å². The Bertz CT molecular complexity index is 602. The van der Waals surface area contributed by atoms with Gasteiger partial charge in [-0.3, -0.25) is 9.59 Å². The molecule has 3 heterocycles. The molecule has 2 aliphatic rings. The highest BCUT2D eigenvalue weighted by atomic mass is 16.5. The molecule has 7 nitrogen and oxygen atoms in total. The summed E-state index contributed by atoms with van der Waals surface area (Å²) in [5.41, 5.74) is 1.85. The van der Waals surface area contributed by atoms with Gasteiger partial charge in [0.05, 0.1) is 24.9 Å². The van der Waals surface area contributed by atoms with Gasteiger partial charge in [-0.05, 0) is 33.1 Å². The minimum atomic E-state index is -0.154. The highest BCUT2D eigenvalue weighted by Gasteiger charge is 2.31. The van der Waals surface area contributed by atoms with Crippen LogP contribution in [0.2, 0.25) is 0 Å². The molecular formula is C18H27N3O4. The van der Waals surface area contributed by atoms with Crippen LogP contribution in [0.25, 0.3) is 0 Å². The number of aryl methyl sites for hydroxylation is 2. The van der Waals surface area contributed by atoms with Crippen molar-refractivity contribution in [3.05, 3.63) is 17.0 Å². The SMILES string of the molecule is Cc1noc(C)c1CCC(=O)N1CCOCC1CC(=O)N1CCCC1. The number of carbonyl (C=O) groups excluding carboxylic acids is 2. The average molecular weight is 349 g/mol. The molecular weight excluding hydrogens is 322 g/mol. The molecule has 138 valence electrons. The number of nitrogens with zero attached hydrogens (tertiary/aromatic N) is 3. The third kappa shape index (κ3) is 4.21. The molecule has 0 bridgehead atoms. The molecule has 25 heavy (non-hydrogen) atoms. The van der Waals surface area contributed by atoms with E-state index in [1.54, 1.807) is 0 Å². The standard InChI is InChI=1S/C18H27N3O4/c1-13-16(14(2)25-19-13)5-6-17(22)21-9-10-24-12-15(21)11-18(23)20-7-3-4-8-20/h15H,3-12H2,1-2H3. The third-order valence-corrected chi connectivity index (χ3v) is 5.19. The largest absolute Gasteiger partial charge is 0.377 e. The van der Waals surface area contributed by atoms with E-state index < -0.39 is 0 Å². The molecule has 0 aliphatic carbocycles. The van der Waals surface area contributed by atoms with Crippen molar-refractivity contribution in [3.8, 4) is 0 Å². The molecule has 2 amide bonds. The van der Waals surface area contributed by atoms with E-state index in [2.05, 4.69) is 5.16 Å². The summed E-state index contributed by atoms with van der Waals surface area (Å²) in [6.45, 7) is 6.97. The molecule has 2 aliphatic heterocycles. The molecule has 0 radical (unpaired) electrons. The van der Waals surface area contributed by atoms with Gasteiger partial charge in [-0.2, -0.15) is 0 Å². The summed E-state index contributed by atoms with van der Waals surface area (Å²) < 4.78 is 10.7. The first kappa shape index (κ1) is 17.9. The maximum absolute atomic E-state index is 12.7. The zero-order valence-corrected chi connectivity index (χ0v) is 15.1. The number of amides is 2. The summed E-state index contributed by atoms with van der Waals surface area (Å²) in [5.74, 6) is 0.979. The monoisotopic (exact) mass is 349 g/mol. The van der Waals surface area contributed by atoms with Gasteiger partial charge in [0, 0.05) is 38.0 Å². The number of hydrogen-bond acceptors (Lipinski definition) is 5. The Hall–Kier alpha value is -1.89. The number of hydrogen-bond donors (Lipinski definition) is 0. The predicted octanol–water partition coefficient (Wildman–Crippen LogP) is 1.46. The van der Waals surface area contributed by atoms with E-state index in [1.807, 2.05) is 23.6 Å². The molecule has 0 aromatic carbocycles. The fourth-order valence-corrected chi connectivity index (χ4v) is 3.68. The predicted molar refractivity (Wildman–Crippen MR) is 91.0 cm³/mol. The maximum Gasteiger partial charge on any atom is 0.224 e. The molecule has 0 N–H and O–H groups in total. The van der Waals surface area contributed by atoms with Crippen LogP contribution < -0.4 is 0 Å². The smallest absolute Gasteiger partial charge is 0.224 e. The van der Waals surface area contributed by atoms with E-state index in [-0.39, 0.29) is 17.9 Å². The summed E-state index contributed by atoms with van der Waals surface area (Å²) in [6, 6.07) is -0.154. The lowest BCUT2D eigenvalue weighted by Crippen LogP contribution is -2.50. The summed E-state index contributed by atoms with van der Waals surface area (Å²) >= 11 is 0. The Morgan fingerprint density at radius 2 is 1.92 bits per heavy atom. The van der Waals surface area contributed by atoms with Gasteiger partial charge in [-0.15, -0.1) is 0 Å². The van der Waals surface area contributed by atoms with E-state index in [0.29, 0.717) is 39.0 Å². The Kier molecular flexibility index (Phi) is 5.73. The topological polar surface area (TPSA) is 75.9 Å². The van der Waals surface area contributed by atoms with Crippen LogP contribution in [0.3, 0.4) is 0 Å². The summed E-state index contributed by atoms with van der Waals surface area (Å²) in [6.07, 6.45) is 3.53. The minimum Gasteiger partial charge on any atom is -0.377 e. The summed E-state index contributed by atoms with van der Waals surface area (Å²) in [4.78, 5) is 28.9. The second-order valence-electron chi connectivity index (χ2n) is 6.91. The van der Waals surface area contributed by atoms with Crippen molar-refractivity contribution in [2.24, 2.45) is 0 Å². The maximum atomic E-state index is 12.7. The first-order chi connectivity index (χ1) is 12.1. The van der Waals surface area contributed by atoms with E-state index >= 15 is 0 Å². The fraction of sp³-hybridized carbons (Fsp3) is 0.722. The van der Waals surface area contributed by atoms with Crippen LogP contribution in [0, 0.1) is 13.8 Å². The number of rotatable bonds is 5. The third-order valence-electron chi connectivity index (χ3n) is 5.19. The lowest BCUT2D eigenvalue weighted by Gasteiger charge is -2.36. The van der Waals surface area contributed by atoms with Crippen molar-refractivity contribution >= 4 is 11.8 Å². The van der Waals surface area contributed by atoms with Gasteiger partial charge in [-0.1, -0.05) is 5.16 Å². The van der Waals surface area contributed by atoms with Crippen molar-refractivity contribution in [3.63, 3.8) is 0 Å². The van der Waals surface area contributed by atoms with Crippen molar-refractivity contribution in [2.45, 2.75) is 52.0 Å². The molecule has 7 heteroatoms. The molecule has 3 rings (SSSR count). The second kappa shape index (κ2) is 7.99. The number of aromatic nitrogens is 1. The summed E-state index contributed by atoms with van der Waals surface area (Å²) in [5, 5.41) is 3.93. The van der Waals surface area contributed by atoms with Crippen molar-refractivity contribution < 1.29 is 18.8 Å². The van der Waals surface area contributed by atoms with Crippen LogP contribution in [0.5, 0.6) is 0 Å². The van der Waals surface area contributed by atoms with Gasteiger partial charge >= 0.3 is 0 Å². The molecule has 0 saturated carbocycles. The lowest BCUT2D eigenvalue weighted by molar-refractivity contribution is -0.143. The Morgan fingerprint density at radius 3 is 2.60 bits per heavy atom. The van der Waals surface area contributed by atoms with Gasteiger partial charge in [-0.25, -0.2) is 0 Å². The van der Waals surface area contributed by atoms with E-state index in [9.17, 15) is 9.59 Å². The number of ether oxygens (including phenoxy) is 1. The van der Waals surface area contributed by atoms with Crippen molar-refractivity contribution in [1.29, 1.82) is 0 Å². The van der Waals surface area contributed by atoms with Crippen LogP contribution in [-0.4, -0.2) is 65.7 Å². The quantitative estimate of drug-likeness (QED) is 0.804. The molecule has 2 fully saturated rings. The van der Waals surface area contributed by atoms with Crippen LogP contribution in [0.1, 0.15) is 42.7 Å². The van der Waals surface area contributed by atoms with Gasteiger partial charge in [0.25, 0.3) is 0 Å². The van der Waals surface area contributed by atoms with Gasteiger partial charge < -0.3 is 19.1 Å². The van der Waals surface area contributed by atoms with Crippen LogP contribution in [0.15, 0.2) is 4.52 Å². The average Bonchev–Trinajstić information content (AvgIpc) is 3.24. The molecule has 1 atom stereocenters. The fourth-order valence-electron chi connectivity index (χ4n) is 3.68. The van der Waals surface area contributed by atoms with Crippen molar-refractivity contribution in [2.75, 3.05) is 32.8 Å². The molecule has 1 aromatic heterocycles. The van der Waals surface area contributed by atoms with Crippen LogP contribution >= 0.6 is 0 Å². The minimum absolute atomic E-state index is 0.0718. The van der Waals surface area contributed by atoms with E-state index in [0.717, 1.165) is 42.9 Å². The molecule has 1 aromatic rings. The highest BCUT2D eigenvalue weighted by Crippen LogP contribution is 2.19. The van der Waals surface area contributed by atoms with Crippen LogP contribution in [-0.2, 0) is 20.7 Å². The van der Waals surface area contributed by atoms with Crippen molar-refractivity contribution in [1.82, 2.24) is 15.0 Å². The van der Waals surface area contributed by atoms with E-state index in [1.165, 1.54) is 0 Å². The molecule has 1 unspecified atom stereocenters. The Morgan fingerprint density at radius 1 is 1.16 bits per heavy atom. The lowest BCUT2D eigenvalue weighted by atomic mass is 10.1. The van der Waals surface area contributed by atoms with E-state index in [4.69, 9.17) is 9.26 Å².